The highest BCUT2D eigenvalue weighted by molar-refractivity contribution is 7.93. The second kappa shape index (κ2) is 5.52. The summed E-state index contributed by atoms with van der Waals surface area (Å²) in [6.45, 7) is 3.75. The summed E-state index contributed by atoms with van der Waals surface area (Å²) in [5.41, 5.74) is 1.57. The minimum absolute atomic E-state index is 0.531. The molecule has 0 saturated heterocycles. The van der Waals surface area contributed by atoms with Crippen LogP contribution in [0.3, 0.4) is 0 Å². The van der Waals surface area contributed by atoms with Gasteiger partial charge in [-0.15, -0.1) is 0 Å². The predicted octanol–water partition coefficient (Wildman–Crippen LogP) is 3.18. The van der Waals surface area contributed by atoms with Crippen LogP contribution in [0.1, 0.15) is 19.2 Å². The Labute approximate surface area is 113 Å². The summed E-state index contributed by atoms with van der Waals surface area (Å²) >= 11 is 0. The summed E-state index contributed by atoms with van der Waals surface area (Å²) in [5, 5.41) is 3.85. The van der Waals surface area contributed by atoms with E-state index in [0.29, 0.717) is 23.2 Å². The topological polar surface area (TPSA) is 68.3 Å². The molecule has 0 aliphatic rings. The Morgan fingerprint density at radius 2 is 2.00 bits per heavy atom. The largest absolute Gasteiger partial charge is 0.339 e. The molecule has 1 unspecified atom stereocenters. The number of aromatic nitrogens is 2. The highest BCUT2D eigenvalue weighted by atomic mass is 32.2. The average Bonchev–Trinajstić information content (AvgIpc) is 2.76. The molecule has 0 radical (unpaired) electrons. The zero-order valence-electron chi connectivity index (χ0n) is 11.3. The summed E-state index contributed by atoms with van der Waals surface area (Å²) in [4.78, 5) is 4.15. The molecule has 2 rings (SSSR count). The lowest BCUT2D eigenvalue weighted by Gasteiger charge is -2.02. The molecule has 0 amide bonds. The van der Waals surface area contributed by atoms with Gasteiger partial charge in [-0.3, -0.25) is 0 Å². The molecule has 2 aromatic rings. The van der Waals surface area contributed by atoms with Crippen molar-refractivity contribution < 1.29 is 8.73 Å². The van der Waals surface area contributed by atoms with Gasteiger partial charge in [0, 0.05) is 34.2 Å². The van der Waals surface area contributed by atoms with Gasteiger partial charge in [0.25, 0.3) is 0 Å². The minimum atomic E-state index is -2.13. The summed E-state index contributed by atoms with van der Waals surface area (Å²) in [7, 11) is -2.13. The highest BCUT2D eigenvalue weighted by Crippen LogP contribution is 2.21. The van der Waals surface area contributed by atoms with Crippen LogP contribution < -0.4 is 0 Å². The first kappa shape index (κ1) is 13.7. The fourth-order valence-electron chi connectivity index (χ4n) is 1.74. The van der Waals surface area contributed by atoms with Gasteiger partial charge in [0.15, 0.2) is 0 Å². The second-order valence-electron chi connectivity index (χ2n) is 4.44. The first-order valence-electron chi connectivity index (χ1n) is 6.11. The van der Waals surface area contributed by atoms with Crippen LogP contribution >= 0.6 is 0 Å². The van der Waals surface area contributed by atoms with Crippen LogP contribution in [0, 0.1) is 6.92 Å². The van der Waals surface area contributed by atoms with E-state index in [4.69, 9.17) is 4.52 Å². The molecule has 1 aromatic carbocycles. The first-order chi connectivity index (χ1) is 9.00. The first-order valence-corrected chi connectivity index (χ1v) is 8.20. The van der Waals surface area contributed by atoms with E-state index >= 15 is 0 Å². The number of hydrogen-bond donors (Lipinski definition) is 0. The van der Waals surface area contributed by atoms with Crippen LogP contribution in [0.5, 0.6) is 0 Å². The Bertz CT molecular complexity index is 667. The van der Waals surface area contributed by atoms with Crippen molar-refractivity contribution in [2.75, 3.05) is 12.0 Å². The van der Waals surface area contributed by atoms with Gasteiger partial charge in [0.2, 0.25) is 11.7 Å². The van der Waals surface area contributed by atoms with Gasteiger partial charge >= 0.3 is 0 Å². The lowest BCUT2D eigenvalue weighted by atomic mass is 10.2. The van der Waals surface area contributed by atoms with E-state index in [0.717, 1.165) is 12.0 Å². The molecular formula is C13H17N3O2S. The number of aryl methyl sites for hydroxylation is 1. The van der Waals surface area contributed by atoms with E-state index in [1.165, 1.54) is 0 Å². The normalized spacial score (nSPS) is 14.1. The molecule has 0 fully saturated rings. The number of benzene rings is 1. The van der Waals surface area contributed by atoms with Crippen LogP contribution in [0.15, 0.2) is 33.2 Å². The molecule has 0 saturated carbocycles. The standard InChI is InChI=1S/C13H17N3O2S/c1-4-9-19(3,17)16-12-7-5-11(6-8-12)13-14-10(2)18-15-13/h5-8H,4,9H2,1-3H3. The maximum atomic E-state index is 12.1. The van der Waals surface area contributed by atoms with Crippen LogP contribution in [0.2, 0.25) is 0 Å². The van der Waals surface area contributed by atoms with Crippen molar-refractivity contribution in [1.82, 2.24) is 10.1 Å². The van der Waals surface area contributed by atoms with Crippen molar-refractivity contribution in [2.24, 2.45) is 4.36 Å². The SMILES string of the molecule is CCCS(C)(=O)=Nc1ccc(-c2noc(C)n2)cc1. The third-order valence-corrected chi connectivity index (χ3v) is 4.30. The van der Waals surface area contributed by atoms with Gasteiger partial charge in [0.1, 0.15) is 0 Å². The van der Waals surface area contributed by atoms with E-state index < -0.39 is 9.73 Å². The smallest absolute Gasteiger partial charge is 0.223 e. The molecule has 1 atom stereocenters. The Morgan fingerprint density at radius 1 is 1.32 bits per heavy atom. The van der Waals surface area contributed by atoms with Gasteiger partial charge in [-0.2, -0.15) is 9.35 Å². The zero-order valence-corrected chi connectivity index (χ0v) is 12.1. The van der Waals surface area contributed by atoms with Gasteiger partial charge < -0.3 is 4.52 Å². The van der Waals surface area contributed by atoms with Crippen LogP contribution in [-0.4, -0.2) is 26.4 Å². The maximum Gasteiger partial charge on any atom is 0.223 e. The van der Waals surface area contributed by atoms with Gasteiger partial charge in [-0.25, -0.2) is 4.21 Å². The van der Waals surface area contributed by atoms with Crippen molar-refractivity contribution in [3.05, 3.63) is 30.2 Å². The fraction of sp³-hybridized carbons (Fsp3) is 0.385. The van der Waals surface area contributed by atoms with Gasteiger partial charge in [0.05, 0.1) is 5.69 Å². The van der Waals surface area contributed by atoms with Gasteiger partial charge in [-0.05, 0) is 30.7 Å². The van der Waals surface area contributed by atoms with Crippen molar-refractivity contribution in [3.8, 4) is 11.4 Å². The summed E-state index contributed by atoms with van der Waals surface area (Å²) in [5.74, 6) is 1.69. The zero-order chi connectivity index (χ0) is 13.9. The third kappa shape index (κ3) is 3.64. The maximum absolute atomic E-state index is 12.1. The monoisotopic (exact) mass is 279 g/mol. The van der Waals surface area contributed by atoms with Crippen LogP contribution in [0.4, 0.5) is 5.69 Å². The second-order valence-corrected chi connectivity index (χ2v) is 6.95. The molecule has 102 valence electrons. The van der Waals surface area contributed by atoms with Crippen molar-refractivity contribution >= 4 is 15.4 Å². The predicted molar refractivity (Wildman–Crippen MR) is 75.8 cm³/mol. The molecular weight excluding hydrogens is 262 g/mol. The molecule has 0 spiro atoms. The molecule has 0 N–H and O–H groups in total. The van der Waals surface area contributed by atoms with Crippen molar-refractivity contribution in [1.29, 1.82) is 0 Å². The van der Waals surface area contributed by atoms with E-state index in [1.54, 1.807) is 13.2 Å². The van der Waals surface area contributed by atoms with E-state index in [1.807, 2.05) is 31.2 Å². The lowest BCUT2D eigenvalue weighted by Crippen LogP contribution is -2.00. The van der Waals surface area contributed by atoms with Crippen LogP contribution in [-0.2, 0) is 9.73 Å². The molecule has 0 aliphatic heterocycles. The third-order valence-electron chi connectivity index (χ3n) is 2.53. The van der Waals surface area contributed by atoms with Crippen LogP contribution in [0.25, 0.3) is 11.4 Å². The quantitative estimate of drug-likeness (QED) is 0.862. The van der Waals surface area contributed by atoms with E-state index in [-0.39, 0.29) is 0 Å². The highest BCUT2D eigenvalue weighted by Gasteiger charge is 2.06. The van der Waals surface area contributed by atoms with E-state index in [9.17, 15) is 4.21 Å². The van der Waals surface area contributed by atoms with Gasteiger partial charge in [-0.1, -0.05) is 12.1 Å². The Hall–Kier alpha value is -1.69. The molecule has 0 aliphatic carbocycles. The molecule has 6 heteroatoms. The number of rotatable bonds is 4. The Morgan fingerprint density at radius 3 is 2.53 bits per heavy atom. The molecule has 1 aromatic heterocycles. The minimum Gasteiger partial charge on any atom is -0.339 e. The average molecular weight is 279 g/mol. The van der Waals surface area contributed by atoms with Crippen molar-refractivity contribution in [3.63, 3.8) is 0 Å². The number of nitrogens with zero attached hydrogens (tertiary/aromatic N) is 3. The van der Waals surface area contributed by atoms with E-state index in [2.05, 4.69) is 14.5 Å². The van der Waals surface area contributed by atoms with Crippen molar-refractivity contribution in [2.45, 2.75) is 20.3 Å². The molecule has 0 bridgehead atoms. The Balaban J connectivity index is 2.27. The Kier molecular flexibility index (Phi) is 3.99. The lowest BCUT2D eigenvalue weighted by molar-refractivity contribution is 0.394. The summed E-state index contributed by atoms with van der Waals surface area (Å²) in [6.07, 6.45) is 2.55. The summed E-state index contributed by atoms with van der Waals surface area (Å²) < 4.78 is 21.3. The molecule has 5 nitrogen and oxygen atoms in total. The molecule has 19 heavy (non-hydrogen) atoms. The molecule has 1 heterocycles. The fourth-order valence-corrected chi connectivity index (χ4v) is 3.15. The number of hydrogen-bond acceptors (Lipinski definition) is 5. The summed E-state index contributed by atoms with van der Waals surface area (Å²) in [6, 6.07) is 7.34.